The fraction of sp³-hybridized carbons (Fsp3) is 0.550. The highest BCUT2D eigenvalue weighted by Gasteiger charge is 2.47. The minimum absolute atomic E-state index is 0.0527. The van der Waals surface area contributed by atoms with Gasteiger partial charge in [-0.05, 0) is 24.3 Å². The lowest BCUT2D eigenvalue weighted by Crippen LogP contribution is -2.46. The molecule has 7 nitrogen and oxygen atoms in total. The standard InChI is InChI=1S/C20H27ClN4O3/c1-14(2)18(27)24-8-9-25(13-20(12-24)10-17(26)23(3)11-20)19(28)22-16-6-4-15(21)5-7-16/h4-7,14H,8-13H2,1-3H3,(H,22,28)/t20-/m1/s1. The normalized spacial score (nSPS) is 22.8. The Hall–Kier alpha value is -2.28. The van der Waals surface area contributed by atoms with Crippen LogP contribution in [-0.2, 0) is 9.59 Å². The Balaban J connectivity index is 1.80. The molecule has 4 amide bonds. The fourth-order valence-electron chi connectivity index (χ4n) is 4.04. The maximum absolute atomic E-state index is 12.9. The molecule has 28 heavy (non-hydrogen) atoms. The van der Waals surface area contributed by atoms with E-state index in [4.69, 9.17) is 11.6 Å². The van der Waals surface area contributed by atoms with Crippen molar-refractivity contribution >= 4 is 35.1 Å². The highest BCUT2D eigenvalue weighted by Crippen LogP contribution is 2.35. The van der Waals surface area contributed by atoms with Gasteiger partial charge in [0.1, 0.15) is 0 Å². The van der Waals surface area contributed by atoms with E-state index < -0.39 is 5.41 Å². The first kappa shape index (κ1) is 20.5. The topological polar surface area (TPSA) is 73.0 Å². The number of urea groups is 1. The first-order chi connectivity index (χ1) is 13.2. The first-order valence-corrected chi connectivity index (χ1v) is 9.91. The van der Waals surface area contributed by atoms with Crippen LogP contribution in [-0.4, -0.2) is 72.3 Å². The zero-order valence-corrected chi connectivity index (χ0v) is 17.3. The van der Waals surface area contributed by atoms with Gasteiger partial charge in [-0.1, -0.05) is 25.4 Å². The van der Waals surface area contributed by atoms with Crippen molar-refractivity contribution < 1.29 is 14.4 Å². The molecule has 8 heteroatoms. The zero-order chi connectivity index (χ0) is 20.5. The van der Waals surface area contributed by atoms with E-state index in [0.717, 1.165) is 0 Å². The third kappa shape index (κ3) is 4.41. The maximum atomic E-state index is 12.9. The van der Waals surface area contributed by atoms with Crippen molar-refractivity contribution in [1.82, 2.24) is 14.7 Å². The van der Waals surface area contributed by atoms with Gasteiger partial charge in [0.25, 0.3) is 0 Å². The van der Waals surface area contributed by atoms with Crippen LogP contribution in [0.3, 0.4) is 0 Å². The van der Waals surface area contributed by atoms with E-state index in [2.05, 4.69) is 5.32 Å². The molecule has 0 unspecified atom stereocenters. The molecule has 2 saturated heterocycles. The Morgan fingerprint density at radius 1 is 1.07 bits per heavy atom. The number of rotatable bonds is 2. The van der Waals surface area contributed by atoms with Crippen LogP contribution >= 0.6 is 11.6 Å². The molecule has 1 aromatic rings. The molecule has 0 radical (unpaired) electrons. The van der Waals surface area contributed by atoms with Gasteiger partial charge in [-0.15, -0.1) is 0 Å². The summed E-state index contributed by atoms with van der Waals surface area (Å²) in [7, 11) is 1.77. The van der Waals surface area contributed by atoms with Gasteiger partial charge >= 0.3 is 6.03 Å². The van der Waals surface area contributed by atoms with E-state index >= 15 is 0 Å². The van der Waals surface area contributed by atoms with Crippen molar-refractivity contribution in [3.8, 4) is 0 Å². The summed E-state index contributed by atoms with van der Waals surface area (Å²) in [5.74, 6) is -0.0143. The molecule has 2 fully saturated rings. The van der Waals surface area contributed by atoms with E-state index in [-0.39, 0.29) is 23.8 Å². The Labute approximate surface area is 170 Å². The lowest BCUT2D eigenvalue weighted by molar-refractivity contribution is -0.135. The lowest BCUT2D eigenvalue weighted by atomic mass is 9.85. The number of halogens is 1. The second-order valence-corrected chi connectivity index (χ2v) is 8.64. The molecule has 0 bridgehead atoms. The summed E-state index contributed by atoms with van der Waals surface area (Å²) in [6.45, 7) is 6.10. The van der Waals surface area contributed by atoms with Crippen molar-refractivity contribution in [3.63, 3.8) is 0 Å². The molecular weight excluding hydrogens is 380 g/mol. The van der Waals surface area contributed by atoms with Gasteiger partial charge < -0.3 is 20.0 Å². The number of likely N-dealkylation sites (tertiary alicyclic amines) is 1. The molecule has 2 aliphatic rings. The molecule has 152 valence electrons. The van der Waals surface area contributed by atoms with Crippen molar-refractivity contribution in [3.05, 3.63) is 29.3 Å². The van der Waals surface area contributed by atoms with Crippen molar-refractivity contribution in [2.45, 2.75) is 20.3 Å². The second-order valence-electron chi connectivity index (χ2n) is 8.20. The van der Waals surface area contributed by atoms with Crippen LogP contribution in [0.15, 0.2) is 24.3 Å². The summed E-state index contributed by atoms with van der Waals surface area (Å²) in [6, 6.07) is 6.69. The molecule has 1 aromatic carbocycles. The number of nitrogens with zero attached hydrogens (tertiary/aromatic N) is 3. The van der Waals surface area contributed by atoms with Crippen LogP contribution in [0.2, 0.25) is 5.02 Å². The quantitative estimate of drug-likeness (QED) is 0.820. The largest absolute Gasteiger partial charge is 0.345 e. The van der Waals surface area contributed by atoms with E-state index in [1.165, 1.54) is 0 Å². The lowest BCUT2D eigenvalue weighted by Gasteiger charge is -2.33. The fourth-order valence-corrected chi connectivity index (χ4v) is 4.16. The second kappa shape index (κ2) is 7.99. The van der Waals surface area contributed by atoms with Gasteiger partial charge in [-0.3, -0.25) is 9.59 Å². The van der Waals surface area contributed by atoms with Crippen LogP contribution in [0.1, 0.15) is 20.3 Å². The number of anilines is 1. The average Bonchev–Trinajstić information content (AvgIpc) is 2.80. The summed E-state index contributed by atoms with van der Waals surface area (Å²) in [5, 5.41) is 3.49. The number of nitrogens with one attached hydrogen (secondary N) is 1. The van der Waals surface area contributed by atoms with Crippen LogP contribution < -0.4 is 5.32 Å². The highest BCUT2D eigenvalue weighted by molar-refractivity contribution is 6.30. The predicted octanol–water partition coefficient (Wildman–Crippen LogP) is 2.52. The van der Waals surface area contributed by atoms with E-state index in [9.17, 15) is 14.4 Å². The molecule has 2 aliphatic heterocycles. The monoisotopic (exact) mass is 406 g/mol. The Bertz CT molecular complexity index is 767. The average molecular weight is 407 g/mol. The van der Waals surface area contributed by atoms with Crippen molar-refractivity contribution in [2.75, 3.05) is 45.1 Å². The molecule has 1 N–H and O–H groups in total. The van der Waals surface area contributed by atoms with Gasteiger partial charge in [-0.2, -0.15) is 0 Å². The summed E-state index contributed by atoms with van der Waals surface area (Å²) >= 11 is 5.90. The predicted molar refractivity (Wildman–Crippen MR) is 108 cm³/mol. The third-order valence-electron chi connectivity index (χ3n) is 5.41. The minimum atomic E-state index is -0.440. The summed E-state index contributed by atoms with van der Waals surface area (Å²) in [6.07, 6.45) is 0.343. The first-order valence-electron chi connectivity index (χ1n) is 9.53. The number of hydrogen-bond acceptors (Lipinski definition) is 3. The molecule has 0 saturated carbocycles. The van der Waals surface area contributed by atoms with Crippen LogP contribution in [0, 0.1) is 11.3 Å². The molecule has 3 rings (SSSR count). The third-order valence-corrected chi connectivity index (χ3v) is 5.66. The van der Waals surface area contributed by atoms with Crippen LogP contribution in [0.5, 0.6) is 0 Å². The van der Waals surface area contributed by atoms with Crippen LogP contribution in [0.25, 0.3) is 0 Å². The van der Waals surface area contributed by atoms with Gasteiger partial charge in [0.05, 0.1) is 0 Å². The number of carbonyl (C=O) groups is 3. The number of amides is 4. The summed E-state index contributed by atoms with van der Waals surface area (Å²) in [5.41, 5.74) is 0.215. The van der Waals surface area contributed by atoms with Crippen LogP contribution in [0.4, 0.5) is 10.5 Å². The molecular formula is C20H27ClN4O3. The van der Waals surface area contributed by atoms with Gasteiger partial charge in [0, 0.05) is 68.2 Å². The Kier molecular flexibility index (Phi) is 5.84. The molecule has 2 heterocycles. The Morgan fingerprint density at radius 3 is 2.25 bits per heavy atom. The highest BCUT2D eigenvalue weighted by atomic mass is 35.5. The summed E-state index contributed by atoms with van der Waals surface area (Å²) in [4.78, 5) is 43.0. The number of benzene rings is 1. The van der Waals surface area contributed by atoms with Gasteiger partial charge in [-0.25, -0.2) is 4.79 Å². The maximum Gasteiger partial charge on any atom is 0.321 e. The smallest absolute Gasteiger partial charge is 0.321 e. The zero-order valence-electron chi connectivity index (χ0n) is 16.6. The van der Waals surface area contributed by atoms with Gasteiger partial charge in [0.15, 0.2) is 0 Å². The number of carbonyl (C=O) groups excluding carboxylic acids is 3. The van der Waals surface area contributed by atoms with Gasteiger partial charge in [0.2, 0.25) is 11.8 Å². The SMILES string of the molecule is CC(C)C(=O)N1CCN(C(=O)Nc2ccc(Cl)cc2)C[C@@]2(CC(=O)N(C)C2)C1. The molecule has 0 aromatic heterocycles. The number of hydrogen-bond donors (Lipinski definition) is 1. The Morgan fingerprint density at radius 2 is 1.68 bits per heavy atom. The molecule has 0 aliphatic carbocycles. The molecule has 1 atom stereocenters. The van der Waals surface area contributed by atoms with E-state index in [0.29, 0.717) is 49.9 Å². The summed E-state index contributed by atoms with van der Waals surface area (Å²) < 4.78 is 0. The minimum Gasteiger partial charge on any atom is -0.345 e. The van der Waals surface area contributed by atoms with Crippen molar-refractivity contribution in [2.24, 2.45) is 11.3 Å². The van der Waals surface area contributed by atoms with E-state index in [1.54, 1.807) is 41.1 Å². The van der Waals surface area contributed by atoms with E-state index in [1.807, 2.05) is 18.7 Å². The molecule has 1 spiro atoms. The van der Waals surface area contributed by atoms with Crippen molar-refractivity contribution in [1.29, 1.82) is 0 Å².